The molecule has 16 heavy (non-hydrogen) atoms. The average molecular weight is 350 g/mol. The number of hydrogen-bond donors (Lipinski definition) is 2. The molecule has 0 aromatic heterocycles. The van der Waals surface area contributed by atoms with Crippen LogP contribution in [0.1, 0.15) is 38.3 Å². The number of nitrogens with one attached hydrogen (secondary N) is 1. The predicted molar refractivity (Wildman–Crippen MR) is 76.0 cm³/mol. The molecule has 1 unspecified atom stereocenters. The summed E-state index contributed by atoms with van der Waals surface area (Å²) < 4.78 is 2.18. The normalized spacial score (nSPS) is 13.1. The molecule has 1 atom stereocenters. The lowest BCUT2D eigenvalue weighted by atomic mass is 9.89. The largest absolute Gasteiger partial charge is 0.271 e. The fraction of sp³-hybridized carbons (Fsp3) is 0.500. The van der Waals surface area contributed by atoms with Gasteiger partial charge in [-0.3, -0.25) is 11.3 Å². The standard InChI is InChI=1S/C12H18Br2N2/c1-3-8(4-2)12(16-15)10-7-9(13)5-6-11(10)14/h5-8,12,16H,3-4,15H2,1-2H3. The summed E-state index contributed by atoms with van der Waals surface area (Å²) in [5, 5.41) is 0. The van der Waals surface area contributed by atoms with Gasteiger partial charge in [-0.05, 0) is 29.7 Å². The molecule has 2 nitrogen and oxygen atoms in total. The van der Waals surface area contributed by atoms with Crippen molar-refractivity contribution in [3.05, 3.63) is 32.7 Å². The highest BCUT2D eigenvalue weighted by molar-refractivity contribution is 9.11. The molecule has 0 radical (unpaired) electrons. The molecule has 0 aliphatic heterocycles. The van der Waals surface area contributed by atoms with Crippen molar-refractivity contribution in [3.63, 3.8) is 0 Å². The molecule has 0 amide bonds. The molecule has 1 aromatic rings. The predicted octanol–water partition coefficient (Wildman–Crippen LogP) is 4.15. The molecule has 0 bridgehead atoms. The summed E-state index contributed by atoms with van der Waals surface area (Å²) in [5.41, 5.74) is 4.15. The summed E-state index contributed by atoms with van der Waals surface area (Å²) in [5.74, 6) is 6.24. The van der Waals surface area contributed by atoms with E-state index in [2.05, 4.69) is 57.2 Å². The van der Waals surface area contributed by atoms with Crippen molar-refractivity contribution in [2.45, 2.75) is 32.7 Å². The Balaban J connectivity index is 3.06. The number of hydrogen-bond acceptors (Lipinski definition) is 2. The van der Waals surface area contributed by atoms with Crippen LogP contribution in [-0.4, -0.2) is 0 Å². The minimum atomic E-state index is 0.196. The summed E-state index contributed by atoms with van der Waals surface area (Å²) in [7, 11) is 0. The van der Waals surface area contributed by atoms with Gasteiger partial charge < -0.3 is 0 Å². The van der Waals surface area contributed by atoms with E-state index in [1.807, 2.05) is 12.1 Å². The Morgan fingerprint density at radius 1 is 1.25 bits per heavy atom. The fourth-order valence-corrected chi connectivity index (χ4v) is 2.86. The number of benzene rings is 1. The second-order valence-corrected chi connectivity index (χ2v) is 5.66. The van der Waals surface area contributed by atoms with Gasteiger partial charge in [0.25, 0.3) is 0 Å². The maximum Gasteiger partial charge on any atom is 0.0499 e. The molecule has 0 aliphatic rings. The Morgan fingerprint density at radius 3 is 2.38 bits per heavy atom. The van der Waals surface area contributed by atoms with Crippen LogP contribution in [-0.2, 0) is 0 Å². The van der Waals surface area contributed by atoms with E-state index < -0.39 is 0 Å². The molecule has 0 aliphatic carbocycles. The highest BCUT2D eigenvalue weighted by Crippen LogP contribution is 2.33. The zero-order valence-electron chi connectivity index (χ0n) is 9.63. The monoisotopic (exact) mass is 348 g/mol. The van der Waals surface area contributed by atoms with Crippen LogP contribution >= 0.6 is 31.9 Å². The lowest BCUT2D eigenvalue weighted by molar-refractivity contribution is 0.344. The second kappa shape index (κ2) is 6.74. The second-order valence-electron chi connectivity index (χ2n) is 3.89. The fourth-order valence-electron chi connectivity index (χ4n) is 1.99. The van der Waals surface area contributed by atoms with Crippen LogP contribution in [0.4, 0.5) is 0 Å². The minimum Gasteiger partial charge on any atom is -0.271 e. The molecule has 0 spiro atoms. The Labute approximate surface area is 114 Å². The highest BCUT2D eigenvalue weighted by atomic mass is 79.9. The van der Waals surface area contributed by atoms with Crippen LogP contribution in [0.3, 0.4) is 0 Å². The van der Waals surface area contributed by atoms with E-state index in [1.165, 1.54) is 5.56 Å². The van der Waals surface area contributed by atoms with E-state index in [-0.39, 0.29) is 6.04 Å². The molecule has 0 saturated carbocycles. The zero-order valence-corrected chi connectivity index (χ0v) is 12.8. The Bertz CT molecular complexity index is 338. The topological polar surface area (TPSA) is 38.0 Å². The lowest BCUT2D eigenvalue weighted by Gasteiger charge is -2.26. The summed E-state index contributed by atoms with van der Waals surface area (Å²) in [6, 6.07) is 6.38. The summed E-state index contributed by atoms with van der Waals surface area (Å²) >= 11 is 7.08. The summed E-state index contributed by atoms with van der Waals surface area (Å²) in [6.45, 7) is 4.40. The van der Waals surface area contributed by atoms with Gasteiger partial charge in [0.05, 0.1) is 0 Å². The van der Waals surface area contributed by atoms with Gasteiger partial charge >= 0.3 is 0 Å². The van der Waals surface area contributed by atoms with E-state index in [9.17, 15) is 0 Å². The van der Waals surface area contributed by atoms with Crippen molar-refractivity contribution >= 4 is 31.9 Å². The van der Waals surface area contributed by atoms with Crippen molar-refractivity contribution in [3.8, 4) is 0 Å². The quantitative estimate of drug-likeness (QED) is 0.619. The molecule has 4 heteroatoms. The van der Waals surface area contributed by atoms with Gasteiger partial charge in [0.15, 0.2) is 0 Å². The number of hydrazine groups is 1. The molecule has 0 fully saturated rings. The smallest absolute Gasteiger partial charge is 0.0499 e. The zero-order chi connectivity index (χ0) is 12.1. The van der Waals surface area contributed by atoms with Gasteiger partial charge in [0.1, 0.15) is 0 Å². The molecule has 90 valence electrons. The Hall–Kier alpha value is 0.1000. The third-order valence-corrected chi connectivity index (χ3v) is 4.21. The molecular weight excluding hydrogens is 332 g/mol. The molecule has 1 rings (SSSR count). The first-order chi connectivity index (χ1) is 7.63. The van der Waals surface area contributed by atoms with Crippen molar-refractivity contribution in [2.75, 3.05) is 0 Å². The number of nitrogens with two attached hydrogens (primary N) is 1. The SMILES string of the molecule is CCC(CC)C(NN)c1cc(Br)ccc1Br. The maximum atomic E-state index is 5.69. The van der Waals surface area contributed by atoms with Gasteiger partial charge in [0, 0.05) is 15.0 Å². The molecule has 1 aromatic carbocycles. The van der Waals surface area contributed by atoms with Gasteiger partial charge in [-0.15, -0.1) is 0 Å². The highest BCUT2D eigenvalue weighted by Gasteiger charge is 2.21. The van der Waals surface area contributed by atoms with Gasteiger partial charge in [-0.2, -0.15) is 0 Å². The third-order valence-electron chi connectivity index (χ3n) is 2.99. The van der Waals surface area contributed by atoms with Crippen LogP contribution in [0.5, 0.6) is 0 Å². The van der Waals surface area contributed by atoms with Crippen LogP contribution < -0.4 is 11.3 Å². The van der Waals surface area contributed by atoms with Crippen LogP contribution in [0.25, 0.3) is 0 Å². The average Bonchev–Trinajstić information content (AvgIpc) is 2.29. The Kier molecular flexibility index (Phi) is 5.97. The molecular formula is C12H18Br2N2. The molecule has 0 heterocycles. The van der Waals surface area contributed by atoms with Crippen LogP contribution in [0.15, 0.2) is 27.1 Å². The molecule has 3 N–H and O–H groups in total. The first-order valence-electron chi connectivity index (χ1n) is 5.55. The molecule has 0 saturated heterocycles. The van der Waals surface area contributed by atoms with Crippen LogP contribution in [0.2, 0.25) is 0 Å². The van der Waals surface area contributed by atoms with Crippen molar-refractivity contribution in [1.29, 1.82) is 0 Å². The van der Waals surface area contributed by atoms with Gasteiger partial charge in [-0.1, -0.05) is 58.5 Å². The van der Waals surface area contributed by atoms with Crippen LogP contribution in [0, 0.1) is 5.92 Å². The van der Waals surface area contributed by atoms with Gasteiger partial charge in [-0.25, -0.2) is 0 Å². The maximum absolute atomic E-state index is 5.69. The first kappa shape index (κ1) is 14.2. The lowest BCUT2D eigenvalue weighted by Crippen LogP contribution is -2.33. The summed E-state index contributed by atoms with van der Waals surface area (Å²) in [6.07, 6.45) is 2.23. The summed E-state index contributed by atoms with van der Waals surface area (Å²) in [4.78, 5) is 0. The van der Waals surface area contributed by atoms with E-state index in [0.29, 0.717) is 5.92 Å². The number of halogens is 2. The first-order valence-corrected chi connectivity index (χ1v) is 7.13. The number of rotatable bonds is 5. The third kappa shape index (κ3) is 3.29. The van der Waals surface area contributed by atoms with E-state index in [0.717, 1.165) is 21.8 Å². The van der Waals surface area contributed by atoms with E-state index >= 15 is 0 Å². The van der Waals surface area contributed by atoms with E-state index in [4.69, 9.17) is 5.84 Å². The minimum absolute atomic E-state index is 0.196. The van der Waals surface area contributed by atoms with Crippen molar-refractivity contribution in [2.24, 2.45) is 11.8 Å². The van der Waals surface area contributed by atoms with Gasteiger partial charge in [0.2, 0.25) is 0 Å². The van der Waals surface area contributed by atoms with Crippen molar-refractivity contribution in [1.82, 2.24) is 5.43 Å². The Morgan fingerprint density at radius 2 is 1.88 bits per heavy atom. The van der Waals surface area contributed by atoms with E-state index in [1.54, 1.807) is 0 Å². The van der Waals surface area contributed by atoms with Crippen molar-refractivity contribution < 1.29 is 0 Å².